The number of aryl methyl sites for hydroxylation is 1. The van der Waals surface area contributed by atoms with E-state index in [9.17, 15) is 9.59 Å². The van der Waals surface area contributed by atoms with Gasteiger partial charge in [0, 0.05) is 25.0 Å². The number of carbonyl (C=O) groups is 2. The average molecular weight is 336 g/mol. The van der Waals surface area contributed by atoms with Crippen molar-refractivity contribution in [3.63, 3.8) is 0 Å². The van der Waals surface area contributed by atoms with Gasteiger partial charge in [0.25, 0.3) is 0 Å². The number of rotatable bonds is 5. The Hall–Kier alpha value is -2.62. The van der Waals surface area contributed by atoms with Gasteiger partial charge in [-0.1, -0.05) is 30.3 Å². The van der Waals surface area contributed by atoms with Crippen LogP contribution in [0.3, 0.4) is 0 Å². The summed E-state index contributed by atoms with van der Waals surface area (Å²) in [4.78, 5) is 29.6. The average Bonchev–Trinajstić information content (AvgIpc) is 3.44. The van der Waals surface area contributed by atoms with Gasteiger partial charge in [0.1, 0.15) is 5.41 Å². The number of carbonyl (C=O) groups excluding carboxylic acids is 2. The lowest BCUT2D eigenvalue weighted by atomic mass is 10.0. The molecule has 25 heavy (non-hydrogen) atoms. The fourth-order valence-electron chi connectivity index (χ4n) is 3.23. The van der Waals surface area contributed by atoms with Gasteiger partial charge in [0.05, 0.1) is 0 Å². The van der Waals surface area contributed by atoms with Crippen molar-refractivity contribution in [1.82, 2.24) is 0 Å². The molecule has 0 aliphatic heterocycles. The van der Waals surface area contributed by atoms with Gasteiger partial charge in [0.15, 0.2) is 0 Å². The number of anilines is 2. The van der Waals surface area contributed by atoms with E-state index in [1.165, 1.54) is 0 Å². The van der Waals surface area contributed by atoms with Crippen molar-refractivity contribution in [1.29, 1.82) is 0 Å². The molecule has 0 heterocycles. The highest BCUT2D eigenvalue weighted by molar-refractivity contribution is 6.18. The minimum atomic E-state index is -0.912. The summed E-state index contributed by atoms with van der Waals surface area (Å²) in [7, 11) is 1.74. The van der Waals surface area contributed by atoms with Crippen LogP contribution in [0, 0.1) is 12.3 Å². The Morgan fingerprint density at radius 1 is 0.960 bits per heavy atom. The van der Waals surface area contributed by atoms with Gasteiger partial charge in [0.2, 0.25) is 11.8 Å². The normalized spacial score (nSPS) is 14.7. The van der Waals surface area contributed by atoms with Crippen molar-refractivity contribution in [3.8, 4) is 0 Å². The van der Waals surface area contributed by atoms with E-state index in [1.54, 1.807) is 16.8 Å². The van der Waals surface area contributed by atoms with Crippen molar-refractivity contribution in [2.75, 3.05) is 23.4 Å². The molecular weight excluding hydrogens is 312 g/mol. The van der Waals surface area contributed by atoms with Gasteiger partial charge in [-0.15, -0.1) is 0 Å². The fourth-order valence-corrected chi connectivity index (χ4v) is 3.23. The third-order valence-electron chi connectivity index (χ3n) is 4.89. The second-order valence-electron chi connectivity index (χ2n) is 6.67. The first-order valence-electron chi connectivity index (χ1n) is 8.71. The maximum atomic E-state index is 13.2. The van der Waals surface area contributed by atoms with Crippen LogP contribution < -0.4 is 9.80 Å². The lowest BCUT2D eigenvalue weighted by Gasteiger charge is -2.29. The molecule has 0 unspecified atom stereocenters. The first kappa shape index (κ1) is 17.2. The van der Waals surface area contributed by atoms with Crippen molar-refractivity contribution >= 4 is 23.2 Å². The van der Waals surface area contributed by atoms with Crippen LogP contribution in [0.15, 0.2) is 54.6 Å². The van der Waals surface area contributed by atoms with E-state index in [-0.39, 0.29) is 11.8 Å². The van der Waals surface area contributed by atoms with Crippen LogP contribution in [-0.2, 0) is 9.59 Å². The highest BCUT2D eigenvalue weighted by Crippen LogP contribution is 2.49. The van der Waals surface area contributed by atoms with Gasteiger partial charge >= 0.3 is 0 Å². The third-order valence-corrected chi connectivity index (χ3v) is 4.89. The highest BCUT2D eigenvalue weighted by atomic mass is 16.2. The molecule has 130 valence electrons. The Bertz CT molecular complexity index is 781. The highest BCUT2D eigenvalue weighted by Gasteiger charge is 2.59. The zero-order valence-corrected chi connectivity index (χ0v) is 15.0. The number of benzene rings is 2. The maximum absolute atomic E-state index is 13.2. The molecule has 1 saturated carbocycles. The van der Waals surface area contributed by atoms with Crippen LogP contribution in [0.1, 0.15) is 25.3 Å². The predicted molar refractivity (Wildman–Crippen MR) is 101 cm³/mol. The predicted octanol–water partition coefficient (Wildman–Crippen LogP) is 3.79. The lowest BCUT2D eigenvalue weighted by molar-refractivity contribution is -0.133. The molecule has 0 atom stereocenters. The molecule has 2 aromatic rings. The van der Waals surface area contributed by atoms with Gasteiger partial charge in [-0.25, -0.2) is 0 Å². The van der Waals surface area contributed by atoms with Gasteiger partial charge in [-0.2, -0.15) is 0 Å². The maximum Gasteiger partial charge on any atom is 0.242 e. The topological polar surface area (TPSA) is 40.6 Å². The van der Waals surface area contributed by atoms with Crippen LogP contribution in [0.25, 0.3) is 0 Å². The fraction of sp³-hybridized carbons (Fsp3) is 0.333. The van der Waals surface area contributed by atoms with Gasteiger partial charge in [-0.3, -0.25) is 9.59 Å². The number of amides is 2. The number of para-hydroxylation sites is 1. The molecule has 3 rings (SSSR count). The quantitative estimate of drug-likeness (QED) is 0.780. The first-order chi connectivity index (χ1) is 12.0. The second kappa shape index (κ2) is 6.71. The molecule has 2 amide bonds. The van der Waals surface area contributed by atoms with Crippen LogP contribution in [-0.4, -0.2) is 25.4 Å². The van der Waals surface area contributed by atoms with Crippen molar-refractivity contribution in [2.45, 2.75) is 26.7 Å². The van der Waals surface area contributed by atoms with E-state index in [0.29, 0.717) is 19.4 Å². The summed E-state index contributed by atoms with van der Waals surface area (Å²) in [6.07, 6.45) is 1.23. The smallest absolute Gasteiger partial charge is 0.242 e. The Kier molecular flexibility index (Phi) is 4.62. The van der Waals surface area contributed by atoms with Gasteiger partial charge < -0.3 is 9.80 Å². The molecule has 4 nitrogen and oxygen atoms in total. The molecule has 0 aromatic heterocycles. The molecule has 4 heteroatoms. The van der Waals surface area contributed by atoms with Gasteiger partial charge in [-0.05, 0) is 56.5 Å². The molecule has 1 fully saturated rings. The number of hydrogen-bond acceptors (Lipinski definition) is 2. The van der Waals surface area contributed by atoms with Crippen LogP contribution in [0.5, 0.6) is 0 Å². The first-order valence-corrected chi connectivity index (χ1v) is 8.71. The Morgan fingerprint density at radius 3 is 2.16 bits per heavy atom. The van der Waals surface area contributed by atoms with Crippen molar-refractivity contribution in [2.24, 2.45) is 5.41 Å². The molecule has 0 spiro atoms. The summed E-state index contributed by atoms with van der Waals surface area (Å²) < 4.78 is 0. The van der Waals surface area contributed by atoms with E-state index in [4.69, 9.17) is 0 Å². The Labute approximate surface area is 149 Å². The molecule has 0 N–H and O–H groups in total. The van der Waals surface area contributed by atoms with Crippen LogP contribution in [0.4, 0.5) is 11.4 Å². The van der Waals surface area contributed by atoms with E-state index < -0.39 is 5.41 Å². The monoisotopic (exact) mass is 336 g/mol. The van der Waals surface area contributed by atoms with E-state index in [1.807, 2.05) is 68.4 Å². The van der Waals surface area contributed by atoms with E-state index >= 15 is 0 Å². The largest absolute Gasteiger partial charge is 0.315 e. The SMILES string of the molecule is CCN(C(=O)C1(C(=O)N(C)c2ccccc2)CC1)c1cccc(C)c1. The molecular formula is C21H24N2O2. The minimum absolute atomic E-state index is 0.0895. The molecule has 0 radical (unpaired) electrons. The van der Waals surface area contributed by atoms with E-state index in [2.05, 4.69) is 0 Å². The van der Waals surface area contributed by atoms with Crippen molar-refractivity contribution < 1.29 is 9.59 Å². The summed E-state index contributed by atoms with van der Waals surface area (Å²) in [5, 5.41) is 0. The zero-order chi connectivity index (χ0) is 18.0. The number of nitrogens with zero attached hydrogens (tertiary/aromatic N) is 2. The van der Waals surface area contributed by atoms with Crippen LogP contribution >= 0.6 is 0 Å². The summed E-state index contributed by atoms with van der Waals surface area (Å²) >= 11 is 0. The Morgan fingerprint density at radius 2 is 1.60 bits per heavy atom. The summed E-state index contributed by atoms with van der Waals surface area (Å²) in [5.74, 6) is -0.205. The minimum Gasteiger partial charge on any atom is -0.315 e. The molecule has 1 aliphatic rings. The number of hydrogen-bond donors (Lipinski definition) is 0. The molecule has 0 bridgehead atoms. The lowest BCUT2D eigenvalue weighted by Crippen LogP contribution is -2.46. The third kappa shape index (κ3) is 3.16. The van der Waals surface area contributed by atoms with E-state index in [0.717, 1.165) is 16.9 Å². The standard InChI is InChI=1S/C21H24N2O2/c1-4-23(18-12-8-9-16(2)15-18)20(25)21(13-14-21)19(24)22(3)17-10-6-5-7-11-17/h5-12,15H,4,13-14H2,1-3H3. The summed E-state index contributed by atoms with van der Waals surface area (Å²) in [6, 6.07) is 17.3. The molecule has 1 aliphatic carbocycles. The van der Waals surface area contributed by atoms with Crippen molar-refractivity contribution in [3.05, 3.63) is 60.2 Å². The molecule has 0 saturated heterocycles. The summed E-state index contributed by atoms with van der Waals surface area (Å²) in [5.41, 5.74) is 1.85. The molecule has 2 aromatic carbocycles. The summed E-state index contributed by atoms with van der Waals surface area (Å²) in [6.45, 7) is 4.50. The zero-order valence-electron chi connectivity index (χ0n) is 15.0. The Balaban J connectivity index is 1.86. The van der Waals surface area contributed by atoms with Crippen LogP contribution in [0.2, 0.25) is 0 Å². The second-order valence-corrected chi connectivity index (χ2v) is 6.67.